The molecular formula is C18H24N2O4. The van der Waals surface area contributed by atoms with Gasteiger partial charge >= 0.3 is 12.1 Å². The Balaban J connectivity index is 1.77. The van der Waals surface area contributed by atoms with Crippen LogP contribution in [0.4, 0.5) is 4.79 Å². The van der Waals surface area contributed by atoms with E-state index in [4.69, 9.17) is 4.74 Å². The Hall–Kier alpha value is -2.08. The van der Waals surface area contributed by atoms with Gasteiger partial charge in [-0.2, -0.15) is 0 Å². The van der Waals surface area contributed by atoms with Crippen LogP contribution >= 0.6 is 0 Å². The van der Waals surface area contributed by atoms with Crippen molar-refractivity contribution in [3.8, 4) is 0 Å². The van der Waals surface area contributed by atoms with Crippen LogP contribution in [0.15, 0.2) is 30.3 Å². The first-order valence-corrected chi connectivity index (χ1v) is 8.45. The van der Waals surface area contributed by atoms with Crippen molar-refractivity contribution in [2.45, 2.75) is 43.9 Å². The van der Waals surface area contributed by atoms with Crippen molar-refractivity contribution in [2.75, 3.05) is 20.1 Å². The Morgan fingerprint density at radius 1 is 1.33 bits per heavy atom. The Kier molecular flexibility index (Phi) is 4.76. The van der Waals surface area contributed by atoms with E-state index in [-0.39, 0.29) is 12.6 Å². The lowest BCUT2D eigenvalue weighted by molar-refractivity contribution is -0.155. The molecule has 2 fully saturated rings. The molecule has 1 aromatic rings. The van der Waals surface area contributed by atoms with E-state index in [1.54, 1.807) is 0 Å². The fourth-order valence-electron chi connectivity index (χ4n) is 3.52. The summed E-state index contributed by atoms with van der Waals surface area (Å²) in [5.41, 5.74) is -0.284. The number of benzene rings is 1. The second-order valence-electron chi connectivity index (χ2n) is 6.82. The maximum Gasteiger partial charge on any atom is 0.411 e. The van der Waals surface area contributed by atoms with Crippen molar-refractivity contribution >= 4 is 12.1 Å². The first-order chi connectivity index (χ1) is 11.5. The van der Waals surface area contributed by atoms with E-state index in [2.05, 4.69) is 0 Å². The number of carbonyl (C=O) groups excluding carboxylic acids is 1. The second kappa shape index (κ2) is 6.81. The summed E-state index contributed by atoms with van der Waals surface area (Å²) in [5.74, 6) is -0.933. The third-order valence-corrected chi connectivity index (χ3v) is 4.83. The van der Waals surface area contributed by atoms with E-state index in [0.717, 1.165) is 31.4 Å². The smallest absolute Gasteiger partial charge is 0.411 e. The molecule has 1 aliphatic heterocycles. The quantitative estimate of drug-likeness (QED) is 0.896. The highest BCUT2D eigenvalue weighted by atomic mass is 16.6. The van der Waals surface area contributed by atoms with Crippen LogP contribution < -0.4 is 0 Å². The van der Waals surface area contributed by atoms with Gasteiger partial charge in [0.25, 0.3) is 0 Å². The van der Waals surface area contributed by atoms with Gasteiger partial charge in [-0.15, -0.1) is 0 Å². The number of carbonyl (C=O) groups is 2. The van der Waals surface area contributed by atoms with E-state index in [1.807, 2.05) is 42.3 Å². The molecule has 1 aliphatic carbocycles. The number of aliphatic carboxylic acids is 1. The normalized spacial score (nSPS) is 24.4. The number of carboxylic acids is 1. The van der Waals surface area contributed by atoms with Crippen molar-refractivity contribution in [1.82, 2.24) is 9.80 Å². The molecule has 3 rings (SSSR count). The minimum atomic E-state index is -1.18. The highest BCUT2D eigenvalue weighted by molar-refractivity contribution is 5.85. The van der Waals surface area contributed by atoms with E-state index in [0.29, 0.717) is 13.0 Å². The number of likely N-dealkylation sites (tertiary alicyclic amines) is 1. The van der Waals surface area contributed by atoms with Crippen LogP contribution in [-0.2, 0) is 16.1 Å². The second-order valence-corrected chi connectivity index (χ2v) is 6.82. The molecule has 0 spiro atoms. The van der Waals surface area contributed by atoms with Gasteiger partial charge in [-0.1, -0.05) is 30.3 Å². The van der Waals surface area contributed by atoms with E-state index in [1.165, 1.54) is 4.90 Å². The maximum absolute atomic E-state index is 12.7. The zero-order valence-electron chi connectivity index (χ0n) is 14.0. The Morgan fingerprint density at radius 2 is 2.04 bits per heavy atom. The van der Waals surface area contributed by atoms with E-state index in [9.17, 15) is 14.7 Å². The standard InChI is InChI=1S/C18H24N2O4/c1-19-11-5-10-18(13-19,16(21)22)20(15-8-9-15)17(23)24-12-14-6-3-2-4-7-14/h2-4,6-7,15H,5,8-13H2,1H3,(H,21,22). The largest absolute Gasteiger partial charge is 0.479 e. The molecule has 6 nitrogen and oxygen atoms in total. The van der Waals surface area contributed by atoms with Gasteiger partial charge < -0.3 is 14.7 Å². The summed E-state index contributed by atoms with van der Waals surface area (Å²) >= 11 is 0. The predicted molar refractivity (Wildman–Crippen MR) is 88.6 cm³/mol. The number of piperidine rings is 1. The molecule has 24 heavy (non-hydrogen) atoms. The lowest BCUT2D eigenvalue weighted by atomic mass is 9.87. The van der Waals surface area contributed by atoms with Crippen molar-refractivity contribution in [3.63, 3.8) is 0 Å². The number of ether oxygens (including phenoxy) is 1. The number of amides is 1. The molecule has 1 atom stereocenters. The fourth-order valence-corrected chi connectivity index (χ4v) is 3.52. The minimum Gasteiger partial charge on any atom is -0.479 e. The molecule has 0 radical (unpaired) electrons. The zero-order valence-corrected chi connectivity index (χ0v) is 14.0. The van der Waals surface area contributed by atoms with E-state index >= 15 is 0 Å². The van der Waals surface area contributed by atoms with Gasteiger partial charge in [-0.25, -0.2) is 9.59 Å². The Bertz CT molecular complexity index is 602. The molecule has 1 saturated heterocycles. The van der Waals surface area contributed by atoms with Crippen LogP contribution in [0.1, 0.15) is 31.2 Å². The van der Waals surface area contributed by atoms with Gasteiger partial charge in [0.05, 0.1) is 0 Å². The van der Waals surface area contributed by atoms with Gasteiger partial charge in [0.15, 0.2) is 5.54 Å². The third-order valence-electron chi connectivity index (χ3n) is 4.83. The van der Waals surface area contributed by atoms with Crippen molar-refractivity contribution < 1.29 is 19.4 Å². The summed E-state index contributed by atoms with van der Waals surface area (Å²) in [5, 5.41) is 9.91. The van der Waals surface area contributed by atoms with Crippen molar-refractivity contribution in [2.24, 2.45) is 0 Å². The Morgan fingerprint density at radius 3 is 2.62 bits per heavy atom. The molecular weight excluding hydrogens is 308 g/mol. The lowest BCUT2D eigenvalue weighted by Gasteiger charge is -2.45. The van der Waals surface area contributed by atoms with Gasteiger partial charge in [-0.3, -0.25) is 4.90 Å². The average molecular weight is 332 g/mol. The van der Waals surface area contributed by atoms with Crippen LogP contribution in [0.3, 0.4) is 0 Å². The molecule has 1 unspecified atom stereocenters. The van der Waals surface area contributed by atoms with Crippen LogP contribution in [0.2, 0.25) is 0 Å². The van der Waals surface area contributed by atoms with Crippen LogP contribution in [0.5, 0.6) is 0 Å². The summed E-state index contributed by atoms with van der Waals surface area (Å²) in [7, 11) is 1.90. The summed E-state index contributed by atoms with van der Waals surface area (Å²) in [4.78, 5) is 28.3. The number of carboxylic acid groups (broad SMARTS) is 1. The SMILES string of the molecule is CN1CCCC(C(=O)O)(N(C(=O)OCc2ccccc2)C2CC2)C1. The van der Waals surface area contributed by atoms with Gasteiger partial charge in [0, 0.05) is 12.6 Å². The topological polar surface area (TPSA) is 70.1 Å². The van der Waals surface area contributed by atoms with Crippen LogP contribution in [-0.4, -0.2) is 58.7 Å². The molecule has 6 heteroatoms. The number of nitrogens with zero attached hydrogens (tertiary/aromatic N) is 2. The summed E-state index contributed by atoms with van der Waals surface area (Å²) in [6.07, 6.45) is 2.42. The summed E-state index contributed by atoms with van der Waals surface area (Å²) in [6.45, 7) is 1.36. The lowest BCUT2D eigenvalue weighted by Crippen LogP contribution is -2.65. The number of hydrogen-bond acceptors (Lipinski definition) is 4. The van der Waals surface area contributed by atoms with Gasteiger partial charge in [0.1, 0.15) is 6.61 Å². The number of rotatable bonds is 5. The monoisotopic (exact) mass is 332 g/mol. The average Bonchev–Trinajstić information content (AvgIpc) is 3.39. The summed E-state index contributed by atoms with van der Waals surface area (Å²) in [6, 6.07) is 9.43. The van der Waals surface area contributed by atoms with Gasteiger partial charge in [-0.05, 0) is 44.8 Å². The molecule has 0 bridgehead atoms. The fraction of sp³-hybridized carbons (Fsp3) is 0.556. The molecule has 1 aromatic carbocycles. The van der Waals surface area contributed by atoms with Crippen molar-refractivity contribution in [3.05, 3.63) is 35.9 Å². The molecule has 1 heterocycles. The Labute approximate surface area is 142 Å². The molecule has 2 aliphatic rings. The maximum atomic E-state index is 12.7. The van der Waals surface area contributed by atoms with E-state index < -0.39 is 17.6 Å². The molecule has 1 saturated carbocycles. The zero-order chi connectivity index (χ0) is 17.2. The molecule has 0 aromatic heterocycles. The molecule has 1 amide bonds. The van der Waals surface area contributed by atoms with Gasteiger partial charge in [0.2, 0.25) is 0 Å². The van der Waals surface area contributed by atoms with Crippen LogP contribution in [0.25, 0.3) is 0 Å². The first-order valence-electron chi connectivity index (χ1n) is 8.45. The molecule has 1 N–H and O–H groups in total. The van der Waals surface area contributed by atoms with Crippen LogP contribution in [0, 0.1) is 0 Å². The summed E-state index contributed by atoms with van der Waals surface area (Å²) < 4.78 is 5.46. The highest BCUT2D eigenvalue weighted by Crippen LogP contribution is 2.38. The number of hydrogen-bond donors (Lipinski definition) is 1. The third kappa shape index (κ3) is 3.38. The van der Waals surface area contributed by atoms with Crippen molar-refractivity contribution in [1.29, 1.82) is 0 Å². The number of likely N-dealkylation sites (N-methyl/N-ethyl adjacent to an activating group) is 1. The molecule has 130 valence electrons. The first kappa shape index (κ1) is 16.8. The highest BCUT2D eigenvalue weighted by Gasteiger charge is 2.54. The minimum absolute atomic E-state index is 0.0177. The predicted octanol–water partition coefficient (Wildman–Crippen LogP) is 2.34.